The first-order valence-corrected chi connectivity index (χ1v) is 14.0. The maximum Gasteiger partial charge on any atom is 0.271 e. The van der Waals surface area contributed by atoms with Crippen molar-refractivity contribution < 1.29 is 9.59 Å². The first-order valence-electron chi connectivity index (χ1n) is 7.77. The van der Waals surface area contributed by atoms with Gasteiger partial charge >= 0.3 is 0 Å². The number of carbonyl (C=O) groups is 2. The molecule has 0 amide bonds. The molecular formula is C13H22N2O2S6. The Morgan fingerprint density at radius 1 is 0.696 bits per heavy atom. The molecule has 2 aliphatic rings. The van der Waals surface area contributed by atoms with Crippen molar-refractivity contribution in [1.29, 1.82) is 0 Å². The highest BCUT2D eigenvalue weighted by atomic mass is 33.1. The maximum atomic E-state index is 11.7. The van der Waals surface area contributed by atoms with E-state index in [0.29, 0.717) is 0 Å². The van der Waals surface area contributed by atoms with Crippen molar-refractivity contribution in [2.45, 2.75) is 32.1 Å². The van der Waals surface area contributed by atoms with Gasteiger partial charge in [0.15, 0.2) is 0 Å². The van der Waals surface area contributed by atoms with Crippen LogP contribution in [-0.4, -0.2) is 55.2 Å². The lowest BCUT2D eigenvalue weighted by molar-refractivity contribution is 0.275. The fourth-order valence-corrected chi connectivity index (χ4v) is 8.60. The van der Waals surface area contributed by atoms with Gasteiger partial charge in [0.2, 0.25) is 0 Å². The van der Waals surface area contributed by atoms with Crippen LogP contribution in [-0.2, 0) is 0 Å². The zero-order valence-electron chi connectivity index (χ0n) is 12.9. The smallest absolute Gasteiger partial charge is 0.271 e. The molecule has 132 valence electrons. The van der Waals surface area contributed by atoms with E-state index in [-0.39, 0.29) is 8.89 Å². The molecule has 0 bridgehead atoms. The molecule has 0 N–H and O–H groups in total. The third-order valence-corrected chi connectivity index (χ3v) is 10.4. The lowest BCUT2D eigenvalue weighted by Crippen LogP contribution is -2.10. The fraction of sp³-hybridized carbons (Fsp3) is 0.846. The Labute approximate surface area is 163 Å². The van der Waals surface area contributed by atoms with E-state index in [4.69, 9.17) is 0 Å². The summed E-state index contributed by atoms with van der Waals surface area (Å²) in [5.74, 6) is 1.91. The zero-order chi connectivity index (χ0) is 16.3. The number of hydrogen-bond acceptors (Lipinski definition) is 10. The molecule has 0 aromatic rings. The van der Waals surface area contributed by atoms with Crippen LogP contribution >= 0.6 is 67.1 Å². The molecule has 2 aliphatic heterocycles. The van der Waals surface area contributed by atoms with Gasteiger partial charge < -0.3 is 0 Å². The predicted octanol–water partition coefficient (Wildman–Crippen LogP) is 5.87. The van der Waals surface area contributed by atoms with Crippen LogP contribution in [0, 0.1) is 0 Å². The minimum Gasteiger partial charge on any atom is -0.272 e. The standard InChI is InChI=1S/C13H22N2O2S6/c16-12(20-14-6-1-2-7-14)22-18-10-5-11-19-23-13(17)21-15-8-3-4-9-15/h1-11H2. The topological polar surface area (TPSA) is 40.6 Å². The largest absolute Gasteiger partial charge is 0.272 e. The highest BCUT2D eigenvalue weighted by Gasteiger charge is 2.17. The molecule has 23 heavy (non-hydrogen) atoms. The first-order chi connectivity index (χ1) is 11.2. The van der Waals surface area contributed by atoms with E-state index in [1.807, 2.05) is 0 Å². The molecule has 10 heteroatoms. The van der Waals surface area contributed by atoms with Crippen molar-refractivity contribution >= 4 is 76.0 Å². The molecule has 0 atom stereocenters. The number of hydrogen-bond donors (Lipinski definition) is 0. The van der Waals surface area contributed by atoms with Gasteiger partial charge in [-0.3, -0.25) is 9.59 Å². The molecule has 0 spiro atoms. The van der Waals surface area contributed by atoms with Crippen LogP contribution in [0.25, 0.3) is 0 Å². The number of carbonyl (C=O) groups excluding carboxylic acids is 2. The maximum absolute atomic E-state index is 11.7. The van der Waals surface area contributed by atoms with Crippen LogP contribution in [0.2, 0.25) is 0 Å². The van der Waals surface area contributed by atoms with Crippen molar-refractivity contribution in [3.05, 3.63) is 0 Å². The van der Waals surface area contributed by atoms with E-state index >= 15 is 0 Å². The summed E-state index contributed by atoms with van der Waals surface area (Å²) in [6, 6.07) is 0. The SMILES string of the molecule is O=C(SSCCCSSC(=O)SN1CCCC1)SN1CCCC1. The zero-order valence-corrected chi connectivity index (χ0v) is 17.8. The molecule has 0 saturated carbocycles. The summed E-state index contributed by atoms with van der Waals surface area (Å²) in [4.78, 5) is 23.5. The second-order valence-corrected chi connectivity index (χ2v) is 12.6. The average Bonchev–Trinajstić information content (AvgIpc) is 3.20. The van der Waals surface area contributed by atoms with Crippen molar-refractivity contribution in [2.75, 3.05) is 37.7 Å². The van der Waals surface area contributed by atoms with Crippen molar-refractivity contribution in [3.8, 4) is 0 Å². The molecule has 4 nitrogen and oxygen atoms in total. The Morgan fingerprint density at radius 2 is 1.09 bits per heavy atom. The van der Waals surface area contributed by atoms with Crippen molar-refractivity contribution in [1.82, 2.24) is 8.61 Å². The van der Waals surface area contributed by atoms with E-state index in [9.17, 15) is 9.59 Å². The minimum absolute atomic E-state index is 0.191. The Bertz CT molecular complexity index is 341. The Kier molecular flexibility index (Phi) is 11.4. The Balaban J connectivity index is 1.37. The van der Waals surface area contributed by atoms with Crippen LogP contribution in [0.4, 0.5) is 9.59 Å². The Morgan fingerprint density at radius 3 is 1.48 bits per heavy atom. The Hall–Kier alpha value is 1.36. The van der Waals surface area contributed by atoms with Crippen molar-refractivity contribution in [2.24, 2.45) is 0 Å². The second kappa shape index (κ2) is 12.7. The average molecular weight is 431 g/mol. The van der Waals surface area contributed by atoms with Crippen LogP contribution in [0.3, 0.4) is 0 Å². The first kappa shape index (κ1) is 20.7. The molecule has 0 aromatic heterocycles. The van der Waals surface area contributed by atoms with Gasteiger partial charge in [-0.15, -0.1) is 0 Å². The van der Waals surface area contributed by atoms with Crippen LogP contribution in [0.15, 0.2) is 0 Å². The number of rotatable bonds is 8. The molecule has 0 unspecified atom stereocenters. The monoisotopic (exact) mass is 430 g/mol. The van der Waals surface area contributed by atoms with Gasteiger partial charge in [0, 0.05) is 61.6 Å². The summed E-state index contributed by atoms with van der Waals surface area (Å²) in [5, 5.41) is 0. The van der Waals surface area contributed by atoms with E-state index in [1.165, 1.54) is 71.2 Å². The van der Waals surface area contributed by atoms with Gasteiger partial charge in [-0.05, 0) is 53.7 Å². The molecule has 0 aromatic carbocycles. The molecule has 2 heterocycles. The molecule has 0 aliphatic carbocycles. The summed E-state index contributed by atoms with van der Waals surface area (Å²) >= 11 is 2.74. The normalized spacial score (nSPS) is 19.5. The summed E-state index contributed by atoms with van der Waals surface area (Å²) in [7, 11) is 5.97. The summed E-state index contributed by atoms with van der Waals surface area (Å²) < 4.78 is 4.70. The molecule has 0 radical (unpaired) electrons. The van der Waals surface area contributed by atoms with Gasteiger partial charge in [-0.2, -0.15) is 0 Å². The molecular weight excluding hydrogens is 409 g/mol. The quantitative estimate of drug-likeness (QED) is 0.265. The van der Waals surface area contributed by atoms with E-state index in [2.05, 4.69) is 8.61 Å². The minimum atomic E-state index is 0.191. The molecule has 2 fully saturated rings. The van der Waals surface area contributed by atoms with E-state index in [0.717, 1.165) is 44.1 Å². The van der Waals surface area contributed by atoms with Gasteiger partial charge in [-0.25, -0.2) is 8.61 Å². The fourth-order valence-electron chi connectivity index (χ4n) is 2.16. The lowest BCUT2D eigenvalue weighted by Gasteiger charge is -2.10. The van der Waals surface area contributed by atoms with Crippen LogP contribution in [0.1, 0.15) is 32.1 Å². The van der Waals surface area contributed by atoms with Crippen LogP contribution < -0.4 is 0 Å². The predicted molar refractivity (Wildman–Crippen MR) is 112 cm³/mol. The highest BCUT2D eigenvalue weighted by molar-refractivity contribution is 8.86. The summed E-state index contributed by atoms with van der Waals surface area (Å²) in [5.41, 5.74) is 0. The number of nitrogens with zero attached hydrogens (tertiary/aromatic N) is 2. The van der Waals surface area contributed by atoms with E-state index in [1.54, 1.807) is 21.6 Å². The van der Waals surface area contributed by atoms with E-state index < -0.39 is 0 Å². The van der Waals surface area contributed by atoms with Gasteiger partial charge in [0.25, 0.3) is 8.89 Å². The second-order valence-electron chi connectivity index (χ2n) is 5.12. The van der Waals surface area contributed by atoms with Gasteiger partial charge in [0.05, 0.1) is 0 Å². The third-order valence-electron chi connectivity index (χ3n) is 3.25. The van der Waals surface area contributed by atoms with Gasteiger partial charge in [-0.1, -0.05) is 21.6 Å². The van der Waals surface area contributed by atoms with Gasteiger partial charge in [0.1, 0.15) is 0 Å². The summed E-state index contributed by atoms with van der Waals surface area (Å²) in [6.07, 6.45) is 5.87. The molecule has 2 saturated heterocycles. The van der Waals surface area contributed by atoms with Crippen molar-refractivity contribution in [3.63, 3.8) is 0 Å². The lowest BCUT2D eigenvalue weighted by atomic mass is 10.4. The third kappa shape index (κ3) is 9.58. The van der Waals surface area contributed by atoms with Crippen LogP contribution in [0.5, 0.6) is 0 Å². The summed E-state index contributed by atoms with van der Waals surface area (Å²) in [6.45, 7) is 4.16. The molecule has 2 rings (SSSR count). The highest BCUT2D eigenvalue weighted by Crippen LogP contribution is 2.35.